The van der Waals surface area contributed by atoms with Crippen LogP contribution in [0.5, 0.6) is 5.75 Å². The Kier molecular flexibility index (Phi) is 7.91. The van der Waals surface area contributed by atoms with Crippen LogP contribution in [0.4, 0.5) is 4.79 Å². The van der Waals surface area contributed by atoms with Gasteiger partial charge < -0.3 is 14.7 Å². The molecule has 1 fully saturated rings. The van der Waals surface area contributed by atoms with Gasteiger partial charge in [0.2, 0.25) is 0 Å². The number of methoxy groups -OCH3 is 1. The number of hydrogen-bond acceptors (Lipinski definition) is 3. The molecule has 158 valence electrons. The molecule has 28 heavy (non-hydrogen) atoms. The monoisotopic (exact) mass is 423 g/mol. The number of nitrogens with zero attached hydrogens (tertiary/aromatic N) is 1. The summed E-state index contributed by atoms with van der Waals surface area (Å²) >= 11 is 2.16. The van der Waals surface area contributed by atoms with Gasteiger partial charge in [-0.3, -0.25) is 0 Å². The van der Waals surface area contributed by atoms with Gasteiger partial charge in [0.05, 0.1) is 7.11 Å². The van der Waals surface area contributed by atoms with Crippen LogP contribution >= 0.6 is 11.2 Å². The summed E-state index contributed by atoms with van der Waals surface area (Å²) in [4.78, 5) is 14.2. The van der Waals surface area contributed by atoms with E-state index in [2.05, 4.69) is 71.0 Å². The van der Waals surface area contributed by atoms with Crippen LogP contribution in [0.15, 0.2) is 23.1 Å². The van der Waals surface area contributed by atoms with Crippen LogP contribution in [-0.4, -0.2) is 43.5 Å². The topological polar surface area (TPSA) is 49.8 Å². The Balaban J connectivity index is 2.41. The molecule has 0 radical (unpaired) electrons. The van der Waals surface area contributed by atoms with E-state index in [4.69, 9.17) is 4.74 Å². The highest BCUT2D eigenvalue weighted by atomic mass is 32.4. The maximum Gasteiger partial charge on any atom is 0.407 e. The van der Waals surface area contributed by atoms with E-state index in [9.17, 15) is 9.90 Å². The van der Waals surface area contributed by atoms with Crippen molar-refractivity contribution >= 4 is 24.5 Å². The number of likely N-dealkylation sites (tertiary alicyclic amines) is 1. The molecular formula is C22H37NO3SSi. The predicted molar refractivity (Wildman–Crippen MR) is 121 cm³/mol. The Morgan fingerprint density at radius 3 is 2.07 bits per heavy atom. The van der Waals surface area contributed by atoms with E-state index in [1.165, 1.54) is 10.5 Å². The van der Waals surface area contributed by atoms with Crippen molar-refractivity contribution in [1.82, 2.24) is 4.90 Å². The van der Waals surface area contributed by atoms with Crippen molar-refractivity contribution in [3.8, 4) is 5.75 Å². The normalized spacial score (nSPS) is 16.3. The lowest BCUT2D eigenvalue weighted by Gasteiger charge is -2.43. The molecule has 0 aromatic heterocycles. The van der Waals surface area contributed by atoms with Crippen molar-refractivity contribution in [1.29, 1.82) is 0 Å². The first kappa shape index (κ1) is 23.1. The second kappa shape index (κ2) is 9.57. The van der Waals surface area contributed by atoms with Gasteiger partial charge in [-0.15, -0.1) is 11.2 Å². The fourth-order valence-electron chi connectivity index (χ4n) is 4.99. The van der Waals surface area contributed by atoms with Crippen molar-refractivity contribution in [2.75, 3.05) is 20.2 Å². The van der Waals surface area contributed by atoms with E-state index >= 15 is 0 Å². The predicted octanol–water partition coefficient (Wildman–Crippen LogP) is 6.82. The van der Waals surface area contributed by atoms with Gasteiger partial charge in [0.25, 0.3) is 0 Å². The van der Waals surface area contributed by atoms with E-state index in [1.807, 2.05) is 0 Å². The lowest BCUT2D eigenvalue weighted by Crippen LogP contribution is -2.41. The largest absolute Gasteiger partial charge is 0.497 e. The summed E-state index contributed by atoms with van der Waals surface area (Å²) in [7, 11) is 0.0656. The highest BCUT2D eigenvalue weighted by molar-refractivity contribution is 8.29. The van der Waals surface area contributed by atoms with Crippen LogP contribution in [0.3, 0.4) is 0 Å². The molecule has 0 saturated carbocycles. The second-order valence-electron chi connectivity index (χ2n) is 8.87. The smallest absolute Gasteiger partial charge is 0.407 e. The molecule has 2 rings (SSSR count). The number of piperidine rings is 1. The first-order chi connectivity index (χ1) is 13.1. The van der Waals surface area contributed by atoms with Crippen LogP contribution in [0, 0.1) is 0 Å². The third kappa shape index (κ3) is 4.70. The molecule has 1 aliphatic heterocycles. The average molecular weight is 424 g/mol. The lowest BCUT2D eigenvalue weighted by atomic mass is 9.89. The molecule has 1 N–H and O–H groups in total. The van der Waals surface area contributed by atoms with Gasteiger partial charge in [0.1, 0.15) is 13.0 Å². The lowest BCUT2D eigenvalue weighted by molar-refractivity contribution is 0.132. The van der Waals surface area contributed by atoms with E-state index in [-0.39, 0.29) is 0 Å². The molecule has 0 unspecified atom stereocenters. The van der Waals surface area contributed by atoms with Crippen molar-refractivity contribution in [3.63, 3.8) is 0 Å². The molecule has 1 aromatic rings. The summed E-state index contributed by atoms with van der Waals surface area (Å²) in [6.45, 7) is 15.6. The van der Waals surface area contributed by atoms with Crippen LogP contribution in [0.2, 0.25) is 16.6 Å². The third-order valence-corrected chi connectivity index (χ3v) is 18.7. The SMILES string of the molecule is COc1ccc(S[Si](C(C)C)(C(C)C)C(C)C)c(C2CCN(C(=O)O)CC2)c1. The highest BCUT2D eigenvalue weighted by Crippen LogP contribution is 2.53. The number of ether oxygens (including phenoxy) is 1. The van der Waals surface area contributed by atoms with Gasteiger partial charge in [0.15, 0.2) is 0 Å². The summed E-state index contributed by atoms with van der Waals surface area (Å²) in [5, 5.41) is 9.28. The summed E-state index contributed by atoms with van der Waals surface area (Å²) in [6, 6.07) is 6.53. The summed E-state index contributed by atoms with van der Waals surface area (Å²) in [5.74, 6) is 1.29. The number of rotatable bonds is 7. The molecular weight excluding hydrogens is 386 g/mol. The molecule has 6 heteroatoms. The van der Waals surface area contributed by atoms with E-state index in [1.54, 1.807) is 12.0 Å². The van der Waals surface area contributed by atoms with E-state index < -0.39 is 13.3 Å². The zero-order chi connectivity index (χ0) is 21.1. The van der Waals surface area contributed by atoms with E-state index in [0.717, 1.165) is 18.6 Å². The molecule has 1 aromatic carbocycles. The molecule has 0 aliphatic carbocycles. The number of carboxylic acid groups (broad SMARTS) is 1. The van der Waals surface area contributed by atoms with Gasteiger partial charge in [-0.2, -0.15) is 0 Å². The van der Waals surface area contributed by atoms with Crippen LogP contribution in [0.1, 0.15) is 65.9 Å². The Labute approximate surface area is 175 Å². The number of benzene rings is 1. The molecule has 0 atom stereocenters. The second-order valence-corrected chi connectivity index (χ2v) is 17.4. The molecule has 4 nitrogen and oxygen atoms in total. The van der Waals surface area contributed by atoms with Gasteiger partial charge in [-0.1, -0.05) is 41.5 Å². The first-order valence-electron chi connectivity index (χ1n) is 10.5. The Morgan fingerprint density at radius 1 is 1.11 bits per heavy atom. The summed E-state index contributed by atoms with van der Waals surface area (Å²) in [6.07, 6.45) is 0.962. The minimum Gasteiger partial charge on any atom is -0.497 e. The van der Waals surface area contributed by atoms with Gasteiger partial charge >= 0.3 is 6.09 Å². The summed E-state index contributed by atoms with van der Waals surface area (Å²) in [5.41, 5.74) is 3.40. The molecule has 0 spiro atoms. The molecule has 1 saturated heterocycles. The van der Waals surface area contributed by atoms with Gasteiger partial charge in [-0.05, 0) is 59.1 Å². The van der Waals surface area contributed by atoms with Crippen LogP contribution in [-0.2, 0) is 0 Å². The quantitative estimate of drug-likeness (QED) is 0.489. The van der Waals surface area contributed by atoms with Crippen molar-refractivity contribution in [3.05, 3.63) is 23.8 Å². The number of carbonyl (C=O) groups is 1. The minimum absolute atomic E-state index is 0.395. The van der Waals surface area contributed by atoms with E-state index in [0.29, 0.717) is 35.6 Å². The maximum absolute atomic E-state index is 11.3. The highest BCUT2D eigenvalue weighted by Gasteiger charge is 2.44. The summed E-state index contributed by atoms with van der Waals surface area (Å²) < 4.78 is 5.53. The Bertz CT molecular complexity index is 648. The molecule has 1 amide bonds. The number of amides is 1. The third-order valence-electron chi connectivity index (χ3n) is 6.42. The first-order valence-corrected chi connectivity index (χ1v) is 14.3. The number of hydrogen-bond donors (Lipinski definition) is 1. The fourth-order valence-corrected chi connectivity index (χ4v) is 14.4. The molecule has 1 heterocycles. The van der Waals surface area contributed by atoms with Crippen LogP contribution < -0.4 is 4.74 Å². The standard InChI is InChI=1S/C22H37NO3SSi/c1-15(2)28(16(3)4,17(5)6)27-21-9-8-19(26-7)14-20(21)18-10-12-23(13-11-18)22(24)25/h8-9,14-18H,10-13H2,1-7H3,(H,24,25). The van der Waals surface area contributed by atoms with Crippen LogP contribution in [0.25, 0.3) is 0 Å². The minimum atomic E-state index is -1.65. The van der Waals surface area contributed by atoms with Gasteiger partial charge in [0, 0.05) is 18.0 Å². The van der Waals surface area contributed by atoms with Crippen molar-refractivity contribution in [2.24, 2.45) is 0 Å². The zero-order valence-electron chi connectivity index (χ0n) is 18.5. The fraction of sp³-hybridized carbons (Fsp3) is 0.682. The Hall–Kier alpha value is -1.14. The Morgan fingerprint density at radius 2 is 1.64 bits per heavy atom. The maximum atomic E-state index is 11.3. The molecule has 1 aliphatic rings. The average Bonchev–Trinajstić information content (AvgIpc) is 2.65. The van der Waals surface area contributed by atoms with Crippen molar-refractivity contribution in [2.45, 2.75) is 81.8 Å². The van der Waals surface area contributed by atoms with Gasteiger partial charge in [-0.25, -0.2) is 4.79 Å². The van der Waals surface area contributed by atoms with Crippen molar-refractivity contribution < 1.29 is 14.6 Å². The zero-order valence-corrected chi connectivity index (χ0v) is 20.3. The molecule has 0 bridgehead atoms.